The average molecular weight is 421 g/mol. The summed E-state index contributed by atoms with van der Waals surface area (Å²) in [6.07, 6.45) is 2.17. The first-order chi connectivity index (χ1) is 14.1. The fraction of sp³-hybridized carbons (Fsp3) is 0.316. The molecular weight excluding hydrogens is 403 g/mol. The van der Waals surface area contributed by atoms with Crippen LogP contribution in [0.3, 0.4) is 0 Å². The minimum Gasteiger partial charge on any atom is -0.487 e. The molecule has 8 nitrogen and oxygen atoms in total. The van der Waals surface area contributed by atoms with Gasteiger partial charge in [0.15, 0.2) is 6.10 Å². The zero-order chi connectivity index (χ0) is 20.2. The average Bonchev–Trinajstić information content (AvgIpc) is 3.35. The molecule has 0 saturated carbocycles. The maximum Gasteiger partial charge on any atom is 0.410 e. The number of ether oxygens (including phenoxy) is 2. The summed E-state index contributed by atoms with van der Waals surface area (Å²) >= 11 is 6.19. The molecule has 3 aromatic rings. The Morgan fingerprint density at radius 2 is 2.28 bits per heavy atom. The highest BCUT2D eigenvalue weighted by molar-refractivity contribution is 6.30. The Kier molecular flexibility index (Phi) is 5.66. The Hall–Kier alpha value is -3.07. The van der Waals surface area contributed by atoms with E-state index in [1.54, 1.807) is 24.6 Å². The highest BCUT2D eigenvalue weighted by Gasteiger charge is 2.31. The quantitative estimate of drug-likeness (QED) is 0.556. The van der Waals surface area contributed by atoms with Gasteiger partial charge in [-0.05, 0) is 12.1 Å². The number of furan rings is 1. The Morgan fingerprint density at radius 1 is 1.38 bits per heavy atom. The van der Waals surface area contributed by atoms with Crippen molar-refractivity contribution in [3.8, 4) is 5.75 Å². The van der Waals surface area contributed by atoms with E-state index in [-0.39, 0.29) is 24.8 Å². The number of hydrogen-bond acceptors (Lipinski definition) is 7. The van der Waals surface area contributed by atoms with Gasteiger partial charge in [0.25, 0.3) is 0 Å². The number of carbonyl (C=O) groups excluding carboxylic acids is 1. The number of anilines is 1. The second kappa shape index (κ2) is 8.52. The Morgan fingerprint density at radius 3 is 3.07 bits per heavy atom. The lowest BCUT2D eigenvalue weighted by molar-refractivity contribution is 0.103. The number of hydrogen-bond donors (Lipinski definition) is 1. The molecule has 0 bridgehead atoms. The number of aromatic nitrogens is 2. The van der Waals surface area contributed by atoms with Crippen LogP contribution in [-0.4, -0.2) is 53.4 Å². The van der Waals surface area contributed by atoms with Crippen molar-refractivity contribution in [2.75, 3.05) is 31.7 Å². The number of nitrogens with zero attached hydrogens (tertiary/aromatic N) is 3. The number of amides is 1. The second-order valence-electron chi connectivity index (χ2n) is 6.38. The van der Waals surface area contributed by atoms with Crippen LogP contribution >= 0.6 is 11.6 Å². The summed E-state index contributed by atoms with van der Waals surface area (Å²) in [7, 11) is 0. The molecule has 4 heterocycles. The van der Waals surface area contributed by atoms with Crippen molar-refractivity contribution in [3.05, 3.63) is 47.6 Å². The third kappa shape index (κ3) is 4.34. The molecule has 4 rings (SSSR count). The van der Waals surface area contributed by atoms with Gasteiger partial charge >= 0.3 is 6.09 Å². The van der Waals surface area contributed by atoms with E-state index in [1.165, 1.54) is 4.90 Å². The zero-order valence-electron chi connectivity index (χ0n) is 15.3. The number of rotatable bonds is 8. The summed E-state index contributed by atoms with van der Waals surface area (Å²) in [5.74, 6) is 1.22. The van der Waals surface area contributed by atoms with Crippen LogP contribution in [0.5, 0.6) is 5.75 Å². The summed E-state index contributed by atoms with van der Waals surface area (Å²) in [4.78, 5) is 21.7. The monoisotopic (exact) mass is 420 g/mol. The van der Waals surface area contributed by atoms with Crippen LogP contribution in [0.4, 0.5) is 14.9 Å². The molecule has 1 atom stereocenters. The number of cyclic esters (lactones) is 1. The van der Waals surface area contributed by atoms with Gasteiger partial charge in [-0.1, -0.05) is 11.6 Å². The summed E-state index contributed by atoms with van der Waals surface area (Å²) in [5.41, 5.74) is 1.75. The van der Waals surface area contributed by atoms with Crippen LogP contribution in [0.2, 0.25) is 5.15 Å². The van der Waals surface area contributed by atoms with Gasteiger partial charge < -0.3 is 24.1 Å². The topological polar surface area (TPSA) is 89.7 Å². The van der Waals surface area contributed by atoms with Gasteiger partial charge in [0.05, 0.1) is 31.6 Å². The van der Waals surface area contributed by atoms with Crippen molar-refractivity contribution >= 4 is 34.4 Å². The third-order valence-corrected chi connectivity index (χ3v) is 4.58. The summed E-state index contributed by atoms with van der Waals surface area (Å²) in [5, 5.41) is 3.51. The van der Waals surface area contributed by atoms with E-state index in [1.807, 2.05) is 12.1 Å². The fourth-order valence-corrected chi connectivity index (χ4v) is 3.24. The van der Waals surface area contributed by atoms with Crippen molar-refractivity contribution in [2.24, 2.45) is 0 Å². The standard InChI is InChI=1S/C19H18ClFN4O4/c20-16-8-14(23-9-12-2-1-7-27-12)17-18(24-16)15(3-5-22-17)28-11-13-10-25(6-4-21)19(26)29-13/h1-3,5,7-8,13H,4,6,9-11H2,(H,23,24). The van der Waals surface area contributed by atoms with Crippen LogP contribution in [0.25, 0.3) is 11.0 Å². The highest BCUT2D eigenvalue weighted by atomic mass is 35.5. The zero-order valence-corrected chi connectivity index (χ0v) is 16.1. The predicted octanol–water partition coefficient (Wildman–Crippen LogP) is 3.66. The molecule has 1 amide bonds. The minimum absolute atomic E-state index is 0.00931. The molecular formula is C19H18ClFN4O4. The number of fused-ring (bicyclic) bond motifs is 1. The van der Waals surface area contributed by atoms with E-state index in [4.69, 9.17) is 25.5 Å². The summed E-state index contributed by atoms with van der Waals surface area (Å²) < 4.78 is 28.8. The van der Waals surface area contributed by atoms with Gasteiger partial charge in [-0.3, -0.25) is 4.98 Å². The molecule has 0 aliphatic carbocycles. The molecule has 1 aliphatic heterocycles. The largest absolute Gasteiger partial charge is 0.487 e. The molecule has 10 heteroatoms. The second-order valence-corrected chi connectivity index (χ2v) is 6.77. The first-order valence-corrected chi connectivity index (χ1v) is 9.37. The van der Waals surface area contributed by atoms with Crippen molar-refractivity contribution in [3.63, 3.8) is 0 Å². The predicted molar refractivity (Wildman–Crippen MR) is 104 cm³/mol. The lowest BCUT2D eigenvalue weighted by Gasteiger charge is -2.14. The van der Waals surface area contributed by atoms with Crippen molar-refractivity contribution in [1.29, 1.82) is 0 Å². The van der Waals surface area contributed by atoms with Crippen LogP contribution in [0.15, 0.2) is 41.1 Å². The summed E-state index contributed by atoms with van der Waals surface area (Å²) in [6, 6.07) is 7.01. The van der Waals surface area contributed by atoms with E-state index in [0.29, 0.717) is 29.0 Å². The highest BCUT2D eigenvalue weighted by Crippen LogP contribution is 2.30. The van der Waals surface area contributed by atoms with Crippen LogP contribution in [0.1, 0.15) is 5.76 Å². The maximum absolute atomic E-state index is 12.5. The molecule has 1 saturated heterocycles. The van der Waals surface area contributed by atoms with E-state index in [9.17, 15) is 9.18 Å². The fourth-order valence-electron chi connectivity index (χ4n) is 3.04. The van der Waals surface area contributed by atoms with E-state index in [0.717, 1.165) is 5.76 Å². The molecule has 0 aromatic carbocycles. The van der Waals surface area contributed by atoms with E-state index < -0.39 is 18.9 Å². The Labute approximate surface area is 170 Å². The van der Waals surface area contributed by atoms with Crippen molar-refractivity contribution in [2.45, 2.75) is 12.6 Å². The molecule has 0 radical (unpaired) electrons. The Balaban J connectivity index is 1.50. The number of nitrogens with one attached hydrogen (secondary N) is 1. The summed E-state index contributed by atoms with van der Waals surface area (Å²) in [6.45, 7) is 0.230. The first kappa shape index (κ1) is 19.3. The van der Waals surface area contributed by atoms with E-state index >= 15 is 0 Å². The molecule has 3 aromatic heterocycles. The van der Waals surface area contributed by atoms with Gasteiger partial charge in [0.2, 0.25) is 0 Å². The maximum atomic E-state index is 12.5. The van der Waals surface area contributed by atoms with Crippen LogP contribution in [-0.2, 0) is 11.3 Å². The Bertz CT molecular complexity index is 1000. The smallest absolute Gasteiger partial charge is 0.410 e. The van der Waals surface area contributed by atoms with Crippen LogP contribution in [0, 0.1) is 0 Å². The van der Waals surface area contributed by atoms with E-state index in [2.05, 4.69) is 15.3 Å². The van der Waals surface area contributed by atoms with Gasteiger partial charge in [-0.25, -0.2) is 14.2 Å². The molecule has 1 unspecified atom stereocenters. The van der Waals surface area contributed by atoms with Gasteiger partial charge in [0, 0.05) is 18.3 Å². The molecule has 152 valence electrons. The van der Waals surface area contributed by atoms with Crippen LogP contribution < -0.4 is 10.1 Å². The molecule has 0 spiro atoms. The number of halogens is 2. The molecule has 1 fully saturated rings. The normalized spacial score (nSPS) is 16.3. The van der Waals surface area contributed by atoms with Gasteiger partial charge in [-0.2, -0.15) is 0 Å². The SMILES string of the molecule is O=C1OC(COc2ccnc3c(NCc4ccco4)cc(Cl)nc23)CN1CCF. The molecule has 1 aliphatic rings. The lowest BCUT2D eigenvalue weighted by atomic mass is 10.2. The van der Waals surface area contributed by atoms with Gasteiger partial charge in [-0.15, -0.1) is 0 Å². The number of alkyl halides is 1. The third-order valence-electron chi connectivity index (χ3n) is 4.39. The van der Waals surface area contributed by atoms with Crippen molar-refractivity contribution < 1.29 is 23.1 Å². The molecule has 29 heavy (non-hydrogen) atoms. The lowest BCUT2D eigenvalue weighted by Crippen LogP contribution is -2.28. The minimum atomic E-state index is -0.617. The first-order valence-electron chi connectivity index (χ1n) is 9.00. The number of carbonyl (C=O) groups is 1. The van der Waals surface area contributed by atoms with Crippen molar-refractivity contribution in [1.82, 2.24) is 14.9 Å². The molecule has 1 N–H and O–H groups in total. The number of pyridine rings is 2. The van der Waals surface area contributed by atoms with Gasteiger partial charge in [0.1, 0.15) is 41.0 Å².